The molecule has 3 aromatic carbocycles. The first-order chi connectivity index (χ1) is 10.4. The molecule has 0 aromatic heterocycles. The molecule has 21 heavy (non-hydrogen) atoms. The van der Waals surface area contributed by atoms with Gasteiger partial charge < -0.3 is 9.31 Å². The van der Waals surface area contributed by atoms with Gasteiger partial charge in [-0.25, -0.2) is 0 Å². The van der Waals surface area contributed by atoms with Crippen LogP contribution in [-0.2, 0) is 9.31 Å². The minimum atomic E-state index is -0.202. The Morgan fingerprint density at radius 3 is 2.24 bits per heavy atom. The van der Waals surface area contributed by atoms with Gasteiger partial charge in [0.15, 0.2) is 0 Å². The number of fused-ring (bicyclic) bond motifs is 1. The molecule has 0 atom stereocenters. The first-order valence-corrected chi connectivity index (χ1v) is 7.23. The van der Waals surface area contributed by atoms with Gasteiger partial charge in [-0.1, -0.05) is 66.7 Å². The highest BCUT2D eigenvalue weighted by atomic mass is 16.6. The van der Waals surface area contributed by atoms with Crippen LogP contribution in [0.5, 0.6) is 0 Å². The Labute approximate surface area is 124 Å². The Hall–Kier alpha value is -2.10. The van der Waals surface area contributed by atoms with Gasteiger partial charge in [0.05, 0.1) is 13.2 Å². The van der Waals surface area contributed by atoms with E-state index in [0.717, 1.165) is 5.46 Å². The van der Waals surface area contributed by atoms with E-state index < -0.39 is 0 Å². The van der Waals surface area contributed by atoms with Crippen molar-refractivity contribution in [3.63, 3.8) is 0 Å². The summed E-state index contributed by atoms with van der Waals surface area (Å²) in [6, 6.07) is 23.4. The van der Waals surface area contributed by atoms with Gasteiger partial charge in [0.25, 0.3) is 0 Å². The smallest absolute Gasteiger partial charge is 0.405 e. The topological polar surface area (TPSA) is 18.5 Å². The van der Waals surface area contributed by atoms with E-state index in [1.54, 1.807) is 0 Å². The summed E-state index contributed by atoms with van der Waals surface area (Å²) in [6.45, 7) is 1.35. The van der Waals surface area contributed by atoms with Crippen molar-refractivity contribution in [2.45, 2.75) is 0 Å². The summed E-state index contributed by atoms with van der Waals surface area (Å²) in [4.78, 5) is 0. The quantitative estimate of drug-likeness (QED) is 0.668. The summed E-state index contributed by atoms with van der Waals surface area (Å²) in [5.41, 5.74) is 3.55. The molecule has 0 saturated carbocycles. The van der Waals surface area contributed by atoms with E-state index in [0.29, 0.717) is 13.2 Å². The van der Waals surface area contributed by atoms with E-state index >= 15 is 0 Å². The molecule has 1 aliphatic rings. The highest BCUT2D eigenvalue weighted by Crippen LogP contribution is 2.28. The molecule has 0 unspecified atom stereocenters. The van der Waals surface area contributed by atoms with Crippen LogP contribution < -0.4 is 5.46 Å². The van der Waals surface area contributed by atoms with Gasteiger partial charge in [0, 0.05) is 0 Å². The summed E-state index contributed by atoms with van der Waals surface area (Å²) in [5.74, 6) is 0. The Kier molecular flexibility index (Phi) is 3.22. The summed E-state index contributed by atoms with van der Waals surface area (Å²) in [6.07, 6.45) is 0. The lowest BCUT2D eigenvalue weighted by Crippen LogP contribution is -2.31. The molecule has 1 aliphatic heterocycles. The molecular formula is C18H15BO2. The third-order valence-electron chi connectivity index (χ3n) is 3.91. The molecule has 4 rings (SSSR count). The second kappa shape index (κ2) is 5.36. The van der Waals surface area contributed by atoms with Gasteiger partial charge in [-0.2, -0.15) is 0 Å². The van der Waals surface area contributed by atoms with Crippen LogP contribution in [0.3, 0.4) is 0 Å². The average molecular weight is 274 g/mol. The lowest BCUT2D eigenvalue weighted by Gasteiger charge is -2.09. The monoisotopic (exact) mass is 274 g/mol. The fraction of sp³-hybridized carbons (Fsp3) is 0.111. The van der Waals surface area contributed by atoms with Gasteiger partial charge in [0.1, 0.15) is 0 Å². The Balaban J connectivity index is 1.75. The number of hydrogen-bond donors (Lipinski definition) is 0. The van der Waals surface area contributed by atoms with Crippen LogP contribution in [0.4, 0.5) is 0 Å². The third-order valence-corrected chi connectivity index (χ3v) is 3.91. The van der Waals surface area contributed by atoms with E-state index in [9.17, 15) is 0 Å². The molecule has 0 N–H and O–H groups in total. The summed E-state index contributed by atoms with van der Waals surface area (Å²) in [5, 5.41) is 2.54. The average Bonchev–Trinajstić information content (AvgIpc) is 3.09. The number of benzene rings is 3. The molecule has 1 fully saturated rings. The molecule has 1 heterocycles. The van der Waals surface area contributed by atoms with Crippen molar-refractivity contribution in [1.29, 1.82) is 0 Å². The normalized spacial score (nSPS) is 14.8. The van der Waals surface area contributed by atoms with Gasteiger partial charge in [-0.05, 0) is 27.4 Å². The Morgan fingerprint density at radius 2 is 1.43 bits per heavy atom. The van der Waals surface area contributed by atoms with Crippen molar-refractivity contribution >= 4 is 23.4 Å². The standard InChI is InChI=1S/C18H15BO2/c1-2-6-17-14(4-1)5-3-7-18(17)15-8-10-16(11-9-15)19-20-12-13-21-19/h1-11H,12-13H2. The minimum Gasteiger partial charge on any atom is -0.405 e. The van der Waals surface area contributed by atoms with Crippen molar-refractivity contribution in [2.24, 2.45) is 0 Å². The molecule has 0 bridgehead atoms. The van der Waals surface area contributed by atoms with Crippen molar-refractivity contribution < 1.29 is 9.31 Å². The van der Waals surface area contributed by atoms with Crippen LogP contribution in [-0.4, -0.2) is 20.3 Å². The predicted molar refractivity (Wildman–Crippen MR) is 86.7 cm³/mol. The molecular weight excluding hydrogens is 259 g/mol. The number of rotatable bonds is 2. The first kappa shape index (κ1) is 12.6. The van der Waals surface area contributed by atoms with Crippen LogP contribution in [0.2, 0.25) is 0 Å². The minimum absolute atomic E-state index is 0.202. The van der Waals surface area contributed by atoms with Crippen LogP contribution in [0, 0.1) is 0 Å². The molecule has 3 aromatic rings. The molecule has 0 radical (unpaired) electrons. The molecule has 3 heteroatoms. The summed E-state index contributed by atoms with van der Waals surface area (Å²) in [7, 11) is -0.202. The first-order valence-electron chi connectivity index (χ1n) is 7.23. The zero-order valence-corrected chi connectivity index (χ0v) is 11.7. The molecule has 0 aliphatic carbocycles. The number of hydrogen-bond acceptors (Lipinski definition) is 2. The summed E-state index contributed by atoms with van der Waals surface area (Å²) >= 11 is 0. The zero-order valence-electron chi connectivity index (χ0n) is 11.7. The van der Waals surface area contributed by atoms with Crippen LogP contribution in [0.1, 0.15) is 0 Å². The van der Waals surface area contributed by atoms with Crippen molar-refractivity contribution in [3.8, 4) is 11.1 Å². The van der Waals surface area contributed by atoms with Gasteiger partial charge in [-0.3, -0.25) is 0 Å². The molecule has 0 spiro atoms. The second-order valence-electron chi connectivity index (χ2n) is 5.22. The van der Waals surface area contributed by atoms with E-state index in [1.807, 2.05) is 0 Å². The van der Waals surface area contributed by atoms with Crippen molar-refractivity contribution in [3.05, 3.63) is 66.7 Å². The largest absolute Gasteiger partial charge is 0.494 e. The maximum absolute atomic E-state index is 5.53. The van der Waals surface area contributed by atoms with E-state index in [2.05, 4.69) is 66.7 Å². The lowest BCUT2D eigenvalue weighted by molar-refractivity contribution is 0.365. The maximum Gasteiger partial charge on any atom is 0.494 e. The third kappa shape index (κ3) is 2.35. The molecule has 0 amide bonds. The van der Waals surface area contributed by atoms with Gasteiger partial charge in [-0.15, -0.1) is 0 Å². The van der Waals surface area contributed by atoms with Gasteiger partial charge >= 0.3 is 7.12 Å². The van der Waals surface area contributed by atoms with Crippen LogP contribution in [0.15, 0.2) is 66.7 Å². The van der Waals surface area contributed by atoms with Crippen molar-refractivity contribution in [1.82, 2.24) is 0 Å². The van der Waals surface area contributed by atoms with Gasteiger partial charge in [0.2, 0.25) is 0 Å². The van der Waals surface area contributed by atoms with Crippen molar-refractivity contribution in [2.75, 3.05) is 13.2 Å². The molecule has 102 valence electrons. The lowest BCUT2D eigenvalue weighted by atomic mass is 9.79. The second-order valence-corrected chi connectivity index (χ2v) is 5.22. The molecule has 2 nitrogen and oxygen atoms in total. The van der Waals surface area contributed by atoms with E-state index in [-0.39, 0.29) is 7.12 Å². The van der Waals surface area contributed by atoms with Crippen LogP contribution >= 0.6 is 0 Å². The Bertz CT molecular complexity index is 756. The molecule has 1 saturated heterocycles. The highest BCUT2D eigenvalue weighted by molar-refractivity contribution is 6.61. The van der Waals surface area contributed by atoms with E-state index in [1.165, 1.54) is 21.9 Å². The SMILES string of the molecule is c1ccc2c(-c3ccc(B4OCCO4)cc3)cccc2c1. The highest BCUT2D eigenvalue weighted by Gasteiger charge is 2.25. The summed E-state index contributed by atoms with van der Waals surface area (Å²) < 4.78 is 11.1. The predicted octanol–water partition coefficient (Wildman–Crippen LogP) is 3.25. The fourth-order valence-electron chi connectivity index (χ4n) is 2.85. The van der Waals surface area contributed by atoms with E-state index in [4.69, 9.17) is 9.31 Å². The maximum atomic E-state index is 5.53. The fourth-order valence-corrected chi connectivity index (χ4v) is 2.85. The van der Waals surface area contributed by atoms with Crippen LogP contribution in [0.25, 0.3) is 21.9 Å². The Morgan fingerprint density at radius 1 is 0.714 bits per heavy atom. The zero-order chi connectivity index (χ0) is 14.1.